The van der Waals surface area contributed by atoms with Crippen molar-refractivity contribution in [1.29, 1.82) is 0 Å². The Bertz CT molecular complexity index is 823. The van der Waals surface area contributed by atoms with Gasteiger partial charge in [-0.15, -0.1) is 0 Å². The lowest BCUT2D eigenvalue weighted by Crippen LogP contribution is -2.17. The van der Waals surface area contributed by atoms with Gasteiger partial charge in [-0.2, -0.15) is 5.10 Å². The van der Waals surface area contributed by atoms with E-state index < -0.39 is 0 Å². The van der Waals surface area contributed by atoms with Gasteiger partial charge in [0, 0.05) is 30.8 Å². The van der Waals surface area contributed by atoms with Crippen LogP contribution in [0.3, 0.4) is 0 Å². The van der Waals surface area contributed by atoms with E-state index in [1.54, 1.807) is 14.2 Å². The Balaban J connectivity index is 1.93. The Labute approximate surface area is 148 Å². The van der Waals surface area contributed by atoms with Crippen LogP contribution in [0.25, 0.3) is 11.3 Å². The molecule has 1 atom stereocenters. The molecule has 0 aliphatic rings. The zero-order valence-corrected chi connectivity index (χ0v) is 14.8. The van der Waals surface area contributed by atoms with Crippen molar-refractivity contribution in [3.63, 3.8) is 0 Å². The van der Waals surface area contributed by atoms with Crippen LogP contribution in [-0.2, 0) is 7.05 Å². The van der Waals surface area contributed by atoms with Crippen molar-refractivity contribution in [1.82, 2.24) is 9.78 Å². The maximum Gasteiger partial charge on any atom is 0.118 e. The predicted octanol–water partition coefficient (Wildman–Crippen LogP) is 3.19. The second-order valence-electron chi connectivity index (χ2n) is 5.87. The number of aryl methyl sites for hydroxylation is 1. The maximum atomic E-state index is 6.07. The summed E-state index contributed by atoms with van der Waals surface area (Å²) in [4.78, 5) is 0. The van der Waals surface area contributed by atoms with E-state index in [1.165, 1.54) is 0 Å². The largest absolute Gasteiger partial charge is 0.497 e. The number of benzene rings is 2. The van der Waals surface area contributed by atoms with E-state index in [4.69, 9.17) is 15.2 Å². The van der Waals surface area contributed by atoms with Gasteiger partial charge in [0.1, 0.15) is 11.5 Å². The smallest absolute Gasteiger partial charge is 0.118 e. The summed E-state index contributed by atoms with van der Waals surface area (Å²) < 4.78 is 12.4. The van der Waals surface area contributed by atoms with E-state index in [0.29, 0.717) is 6.54 Å². The van der Waals surface area contributed by atoms with Crippen molar-refractivity contribution in [2.75, 3.05) is 20.8 Å². The first-order valence-electron chi connectivity index (χ1n) is 8.18. The molecule has 0 spiro atoms. The molecule has 25 heavy (non-hydrogen) atoms. The van der Waals surface area contributed by atoms with Crippen LogP contribution < -0.4 is 15.2 Å². The molecule has 0 aliphatic heterocycles. The van der Waals surface area contributed by atoms with Gasteiger partial charge in [0.2, 0.25) is 0 Å². The molecule has 0 saturated heterocycles. The summed E-state index contributed by atoms with van der Waals surface area (Å²) in [5.74, 6) is 1.75. The minimum atomic E-state index is 0.0791. The fourth-order valence-electron chi connectivity index (χ4n) is 2.97. The van der Waals surface area contributed by atoms with Crippen LogP contribution >= 0.6 is 0 Å². The molecule has 5 nitrogen and oxygen atoms in total. The van der Waals surface area contributed by atoms with Crippen molar-refractivity contribution in [3.05, 3.63) is 65.9 Å². The third-order valence-electron chi connectivity index (χ3n) is 4.41. The predicted molar refractivity (Wildman–Crippen MR) is 99.1 cm³/mol. The van der Waals surface area contributed by atoms with Gasteiger partial charge < -0.3 is 15.2 Å². The minimum Gasteiger partial charge on any atom is -0.497 e. The summed E-state index contributed by atoms with van der Waals surface area (Å²) in [6, 6.07) is 18.0. The van der Waals surface area contributed by atoms with Gasteiger partial charge in [-0.3, -0.25) is 4.68 Å². The number of methoxy groups -OCH3 is 2. The fourth-order valence-corrected chi connectivity index (χ4v) is 2.97. The first-order chi connectivity index (χ1) is 12.2. The van der Waals surface area contributed by atoms with Crippen molar-refractivity contribution >= 4 is 0 Å². The summed E-state index contributed by atoms with van der Waals surface area (Å²) >= 11 is 0. The number of hydrogen-bond donors (Lipinski definition) is 1. The molecule has 3 aromatic rings. The molecule has 1 heterocycles. The average Bonchev–Trinajstić information content (AvgIpc) is 3.04. The maximum absolute atomic E-state index is 6.07. The minimum absolute atomic E-state index is 0.0791. The molecule has 0 saturated carbocycles. The van der Waals surface area contributed by atoms with Gasteiger partial charge in [-0.05, 0) is 48.0 Å². The number of ether oxygens (including phenoxy) is 2. The van der Waals surface area contributed by atoms with Gasteiger partial charge in [0.05, 0.1) is 19.9 Å². The molecule has 1 aromatic heterocycles. The van der Waals surface area contributed by atoms with E-state index in [9.17, 15) is 0 Å². The van der Waals surface area contributed by atoms with Crippen molar-refractivity contribution in [2.24, 2.45) is 12.8 Å². The number of rotatable bonds is 6. The first-order valence-corrected chi connectivity index (χ1v) is 8.18. The number of aromatic nitrogens is 2. The molecule has 0 fully saturated rings. The SMILES string of the molecule is COc1ccc(-c2cc(C(CN)c3ccc(OC)cc3)n(C)n2)cc1. The first kappa shape index (κ1) is 17.0. The third kappa shape index (κ3) is 3.51. The highest BCUT2D eigenvalue weighted by molar-refractivity contribution is 5.61. The molecule has 0 amide bonds. The average molecular weight is 337 g/mol. The zero-order valence-electron chi connectivity index (χ0n) is 14.8. The summed E-state index contributed by atoms with van der Waals surface area (Å²) in [6.45, 7) is 0.508. The topological polar surface area (TPSA) is 62.3 Å². The third-order valence-corrected chi connectivity index (χ3v) is 4.41. The van der Waals surface area contributed by atoms with Gasteiger partial charge in [0.25, 0.3) is 0 Å². The molecule has 3 rings (SSSR count). The molecule has 5 heteroatoms. The molecule has 0 aliphatic carbocycles. The second-order valence-corrected chi connectivity index (χ2v) is 5.87. The lowest BCUT2D eigenvalue weighted by molar-refractivity contribution is 0.414. The standard InChI is InChI=1S/C20H23N3O2/c1-23-20(18(13-21)14-4-8-16(24-2)9-5-14)12-19(22-23)15-6-10-17(25-3)11-7-15/h4-12,18H,13,21H2,1-3H3. The van der Waals surface area contributed by atoms with E-state index in [1.807, 2.05) is 48.1 Å². The van der Waals surface area contributed by atoms with Gasteiger partial charge >= 0.3 is 0 Å². The van der Waals surface area contributed by atoms with Crippen LogP contribution in [0, 0.1) is 0 Å². The highest BCUT2D eigenvalue weighted by Gasteiger charge is 2.18. The van der Waals surface area contributed by atoms with Gasteiger partial charge in [0.15, 0.2) is 0 Å². The van der Waals surface area contributed by atoms with Crippen LogP contribution in [0.15, 0.2) is 54.6 Å². The summed E-state index contributed by atoms with van der Waals surface area (Å²) in [5.41, 5.74) is 10.3. The Morgan fingerprint density at radius 1 is 0.960 bits per heavy atom. The Hall–Kier alpha value is -2.79. The number of hydrogen-bond acceptors (Lipinski definition) is 4. The van der Waals surface area contributed by atoms with E-state index in [-0.39, 0.29) is 5.92 Å². The van der Waals surface area contributed by atoms with Crippen LogP contribution in [0.2, 0.25) is 0 Å². The lowest BCUT2D eigenvalue weighted by atomic mass is 9.95. The highest BCUT2D eigenvalue weighted by atomic mass is 16.5. The summed E-state index contributed by atoms with van der Waals surface area (Å²) in [6.07, 6.45) is 0. The van der Waals surface area contributed by atoms with Crippen LogP contribution in [0.1, 0.15) is 17.2 Å². The Morgan fingerprint density at radius 3 is 2.04 bits per heavy atom. The van der Waals surface area contributed by atoms with E-state index in [2.05, 4.69) is 23.3 Å². The molecule has 0 radical (unpaired) electrons. The zero-order chi connectivity index (χ0) is 17.8. The molecule has 0 bridgehead atoms. The summed E-state index contributed by atoms with van der Waals surface area (Å²) in [5, 5.41) is 4.66. The van der Waals surface area contributed by atoms with Crippen LogP contribution in [-0.4, -0.2) is 30.5 Å². The summed E-state index contributed by atoms with van der Waals surface area (Å²) in [7, 11) is 5.28. The van der Waals surface area contributed by atoms with Gasteiger partial charge in [-0.1, -0.05) is 12.1 Å². The van der Waals surface area contributed by atoms with Crippen molar-refractivity contribution in [3.8, 4) is 22.8 Å². The second kappa shape index (κ2) is 7.40. The Morgan fingerprint density at radius 2 is 1.52 bits per heavy atom. The molecular weight excluding hydrogens is 314 g/mol. The highest BCUT2D eigenvalue weighted by Crippen LogP contribution is 2.29. The lowest BCUT2D eigenvalue weighted by Gasteiger charge is -2.16. The van der Waals surface area contributed by atoms with Crippen molar-refractivity contribution in [2.45, 2.75) is 5.92 Å². The monoisotopic (exact) mass is 337 g/mol. The van der Waals surface area contributed by atoms with E-state index >= 15 is 0 Å². The number of nitrogens with two attached hydrogens (primary N) is 1. The molecule has 1 unspecified atom stereocenters. The fraction of sp³-hybridized carbons (Fsp3) is 0.250. The Kier molecular flexibility index (Phi) is 5.05. The molecular formula is C20H23N3O2. The molecule has 2 N–H and O–H groups in total. The van der Waals surface area contributed by atoms with E-state index in [0.717, 1.165) is 34.0 Å². The normalized spacial score (nSPS) is 12.0. The molecule has 130 valence electrons. The van der Waals surface area contributed by atoms with Crippen LogP contribution in [0.5, 0.6) is 11.5 Å². The van der Waals surface area contributed by atoms with Gasteiger partial charge in [-0.25, -0.2) is 0 Å². The molecule has 2 aromatic carbocycles. The number of nitrogens with zero attached hydrogens (tertiary/aromatic N) is 2. The quantitative estimate of drug-likeness (QED) is 0.750. The van der Waals surface area contributed by atoms with Crippen molar-refractivity contribution < 1.29 is 9.47 Å². The van der Waals surface area contributed by atoms with Crippen LogP contribution in [0.4, 0.5) is 0 Å².